The van der Waals surface area contributed by atoms with E-state index in [2.05, 4.69) is 33.8 Å². The van der Waals surface area contributed by atoms with Crippen molar-refractivity contribution in [3.8, 4) is 5.75 Å². The van der Waals surface area contributed by atoms with Crippen LogP contribution >= 0.6 is 0 Å². The lowest BCUT2D eigenvalue weighted by Gasteiger charge is -2.32. The summed E-state index contributed by atoms with van der Waals surface area (Å²) in [4.78, 5) is 1.65. The molecule has 2 N–H and O–H groups in total. The van der Waals surface area contributed by atoms with Gasteiger partial charge >= 0.3 is 0 Å². The van der Waals surface area contributed by atoms with Gasteiger partial charge in [0.25, 0.3) is 0 Å². The summed E-state index contributed by atoms with van der Waals surface area (Å²) in [5.41, 5.74) is 3.97. The first-order chi connectivity index (χ1) is 13.5. The second kappa shape index (κ2) is 8.09. The Labute approximate surface area is 175 Å². The molecule has 0 amide bonds. The average Bonchev–Trinajstić information content (AvgIpc) is 2.64. The molecule has 0 atom stereocenters. The Morgan fingerprint density at radius 1 is 1.00 bits per heavy atom. The topological polar surface area (TPSA) is 62.0 Å². The molecule has 0 unspecified atom stereocenters. The molecule has 1 heterocycles. The second-order valence-electron chi connectivity index (χ2n) is 9.21. The number of piperazine rings is 1. The fraction of sp³-hybridized carbons (Fsp3) is 0.478. The third-order valence-corrected chi connectivity index (χ3v) is 7.58. The smallest absolute Gasteiger partial charge is 0.243 e. The lowest BCUT2D eigenvalue weighted by atomic mass is 9.84. The maximum Gasteiger partial charge on any atom is 0.243 e. The normalized spacial score (nSPS) is 16.9. The van der Waals surface area contributed by atoms with Crippen LogP contribution < -0.4 is 4.90 Å². The van der Waals surface area contributed by atoms with E-state index in [1.54, 1.807) is 16.4 Å². The van der Waals surface area contributed by atoms with Crippen molar-refractivity contribution in [2.75, 3.05) is 26.2 Å². The highest BCUT2D eigenvalue weighted by Crippen LogP contribution is 2.34. The summed E-state index contributed by atoms with van der Waals surface area (Å²) < 4.78 is 27.4. The molecule has 1 aliphatic rings. The van der Waals surface area contributed by atoms with E-state index in [0.29, 0.717) is 30.3 Å². The van der Waals surface area contributed by atoms with Gasteiger partial charge in [0.2, 0.25) is 10.0 Å². The summed E-state index contributed by atoms with van der Waals surface area (Å²) in [6, 6.07) is 11.1. The maximum absolute atomic E-state index is 12.9. The van der Waals surface area contributed by atoms with Gasteiger partial charge in [-0.05, 0) is 43.0 Å². The Hall–Kier alpha value is -1.89. The van der Waals surface area contributed by atoms with Crippen molar-refractivity contribution in [2.24, 2.45) is 0 Å². The van der Waals surface area contributed by atoms with Crippen LogP contribution in [0.4, 0.5) is 0 Å². The number of phenols is 1. The summed E-state index contributed by atoms with van der Waals surface area (Å²) in [6.07, 6.45) is 0. The van der Waals surface area contributed by atoms with E-state index >= 15 is 0 Å². The Kier molecular flexibility index (Phi) is 6.08. The Bertz CT molecular complexity index is 968. The van der Waals surface area contributed by atoms with E-state index in [1.165, 1.54) is 4.90 Å². The zero-order valence-electron chi connectivity index (χ0n) is 18.1. The molecule has 29 heavy (non-hydrogen) atoms. The van der Waals surface area contributed by atoms with E-state index in [0.717, 1.165) is 35.3 Å². The highest BCUT2D eigenvalue weighted by molar-refractivity contribution is 7.89. The van der Waals surface area contributed by atoms with Crippen molar-refractivity contribution in [3.05, 3.63) is 58.7 Å². The molecule has 0 aliphatic carbocycles. The van der Waals surface area contributed by atoms with Crippen LogP contribution in [0.5, 0.6) is 5.75 Å². The quantitative estimate of drug-likeness (QED) is 0.803. The second-order valence-corrected chi connectivity index (χ2v) is 11.2. The first-order valence-electron chi connectivity index (χ1n) is 10.2. The van der Waals surface area contributed by atoms with Crippen molar-refractivity contribution >= 4 is 10.0 Å². The van der Waals surface area contributed by atoms with Crippen LogP contribution in [0.15, 0.2) is 41.3 Å². The molecule has 0 bridgehead atoms. The number of rotatable bonds is 4. The first kappa shape index (κ1) is 21.8. The van der Waals surface area contributed by atoms with Gasteiger partial charge in [0.05, 0.1) is 31.1 Å². The number of aromatic hydroxyl groups is 1. The zero-order valence-corrected chi connectivity index (χ0v) is 18.9. The van der Waals surface area contributed by atoms with Crippen LogP contribution in [0.2, 0.25) is 0 Å². The molecule has 1 saturated heterocycles. The number of hydrogen-bond donors (Lipinski definition) is 2. The number of aryl methyl sites for hydroxylation is 2. The summed E-state index contributed by atoms with van der Waals surface area (Å²) in [5, 5.41) is 10.8. The molecule has 0 aromatic heterocycles. The molecule has 1 fully saturated rings. The standard InChI is InChI=1S/C23H32N2O3S/c1-17-6-8-20(9-7-17)29(27,28)25-12-10-24(11-13-25)16-19-14-18(2)15-21(22(19)26)23(3,4)5/h6-9,14-15,26H,10-13,16H2,1-5H3/p+1. The van der Waals surface area contributed by atoms with E-state index in [1.807, 2.05) is 25.1 Å². The van der Waals surface area contributed by atoms with Gasteiger partial charge in [0.15, 0.2) is 0 Å². The third kappa shape index (κ3) is 4.82. The number of sulfonamides is 1. The van der Waals surface area contributed by atoms with Gasteiger partial charge in [-0.15, -0.1) is 0 Å². The number of hydrogen-bond acceptors (Lipinski definition) is 3. The molecule has 3 rings (SSSR count). The van der Waals surface area contributed by atoms with Gasteiger partial charge in [-0.1, -0.05) is 50.1 Å². The van der Waals surface area contributed by atoms with Gasteiger partial charge in [-0.25, -0.2) is 8.42 Å². The Balaban J connectivity index is 1.71. The van der Waals surface area contributed by atoms with Gasteiger partial charge in [-0.2, -0.15) is 4.31 Å². The molecule has 5 nitrogen and oxygen atoms in total. The lowest BCUT2D eigenvalue weighted by molar-refractivity contribution is -0.917. The minimum Gasteiger partial charge on any atom is -0.507 e. The van der Waals surface area contributed by atoms with Crippen molar-refractivity contribution in [1.82, 2.24) is 4.31 Å². The number of nitrogens with zero attached hydrogens (tertiary/aromatic N) is 1. The van der Waals surface area contributed by atoms with Gasteiger partial charge in [-0.3, -0.25) is 0 Å². The number of phenolic OH excluding ortho intramolecular Hbond substituents is 1. The largest absolute Gasteiger partial charge is 0.507 e. The van der Waals surface area contributed by atoms with Crippen molar-refractivity contribution in [3.63, 3.8) is 0 Å². The van der Waals surface area contributed by atoms with Gasteiger partial charge in [0, 0.05) is 5.56 Å². The molecule has 158 valence electrons. The molecule has 1 aliphatic heterocycles. The van der Waals surface area contributed by atoms with Crippen molar-refractivity contribution in [2.45, 2.75) is 51.5 Å². The van der Waals surface area contributed by atoms with Crippen LogP contribution in [0.1, 0.15) is 43.0 Å². The fourth-order valence-electron chi connectivity index (χ4n) is 3.91. The zero-order chi connectivity index (χ0) is 21.4. The molecule has 2 aromatic rings. The third-order valence-electron chi connectivity index (χ3n) is 5.67. The Morgan fingerprint density at radius 2 is 1.59 bits per heavy atom. The number of benzene rings is 2. The van der Waals surface area contributed by atoms with Crippen LogP contribution in [0.3, 0.4) is 0 Å². The highest BCUT2D eigenvalue weighted by atomic mass is 32.2. The lowest BCUT2D eigenvalue weighted by Crippen LogP contribution is -3.13. The maximum atomic E-state index is 12.9. The molecule has 2 aromatic carbocycles. The molecular weight excluding hydrogens is 384 g/mol. The van der Waals surface area contributed by atoms with Crippen molar-refractivity contribution in [1.29, 1.82) is 0 Å². The summed E-state index contributed by atoms with van der Waals surface area (Å²) in [7, 11) is -3.45. The average molecular weight is 418 g/mol. The van der Waals surface area contributed by atoms with Crippen LogP contribution in [0, 0.1) is 13.8 Å². The predicted molar refractivity (Wildman–Crippen MR) is 116 cm³/mol. The summed E-state index contributed by atoms with van der Waals surface area (Å²) >= 11 is 0. The Morgan fingerprint density at radius 3 is 2.14 bits per heavy atom. The van der Waals surface area contributed by atoms with E-state index in [4.69, 9.17) is 0 Å². The molecule has 0 radical (unpaired) electrons. The molecular formula is C23H33N2O3S+. The minimum atomic E-state index is -3.45. The van der Waals surface area contributed by atoms with Crippen LogP contribution in [0.25, 0.3) is 0 Å². The van der Waals surface area contributed by atoms with E-state index < -0.39 is 10.0 Å². The van der Waals surface area contributed by atoms with E-state index in [9.17, 15) is 13.5 Å². The predicted octanol–water partition coefficient (Wildman–Crippen LogP) is 2.40. The van der Waals surface area contributed by atoms with Gasteiger partial charge in [0.1, 0.15) is 12.3 Å². The van der Waals surface area contributed by atoms with Crippen molar-refractivity contribution < 1.29 is 18.4 Å². The summed E-state index contributed by atoms with van der Waals surface area (Å²) in [5.74, 6) is 0.380. The monoisotopic (exact) mass is 417 g/mol. The van der Waals surface area contributed by atoms with E-state index in [-0.39, 0.29) is 5.41 Å². The summed E-state index contributed by atoms with van der Waals surface area (Å²) in [6.45, 7) is 13.5. The number of nitrogens with one attached hydrogen (secondary N) is 1. The first-order valence-corrected chi connectivity index (χ1v) is 11.7. The SMILES string of the molecule is Cc1ccc(S(=O)(=O)N2CC[NH+](Cc3cc(C)cc(C(C)(C)C)c3O)CC2)cc1. The van der Waals surface area contributed by atoms with Crippen LogP contribution in [-0.2, 0) is 22.0 Å². The highest BCUT2D eigenvalue weighted by Gasteiger charge is 2.31. The molecule has 6 heteroatoms. The number of quaternary nitrogens is 1. The van der Waals surface area contributed by atoms with Crippen LogP contribution in [-0.4, -0.2) is 44.0 Å². The fourth-order valence-corrected chi connectivity index (χ4v) is 5.35. The van der Waals surface area contributed by atoms with Gasteiger partial charge < -0.3 is 10.0 Å². The minimum absolute atomic E-state index is 0.124. The molecule has 0 saturated carbocycles. The molecule has 0 spiro atoms.